The minimum atomic E-state index is -5.33. The molecule has 1 unspecified atom stereocenters. The summed E-state index contributed by atoms with van der Waals surface area (Å²) >= 11 is 0. The van der Waals surface area contributed by atoms with Crippen LogP contribution in [0.15, 0.2) is 12.4 Å². The van der Waals surface area contributed by atoms with Gasteiger partial charge in [0.2, 0.25) is 0 Å². The van der Waals surface area contributed by atoms with Crippen molar-refractivity contribution in [3.8, 4) is 0 Å². The topological polar surface area (TPSA) is 29.9 Å². The lowest BCUT2D eigenvalue weighted by Crippen LogP contribution is -2.51. The first kappa shape index (κ1) is 17.8. The molecule has 1 aromatic rings. The molecular weight excluding hydrogens is 300 g/mol. The van der Waals surface area contributed by atoms with Crippen molar-refractivity contribution in [1.82, 2.24) is 15.1 Å². The van der Waals surface area contributed by atoms with Gasteiger partial charge in [0.15, 0.2) is 5.92 Å². The largest absolute Gasteiger partial charge is 0.401 e. The average Bonchev–Trinajstić information content (AvgIpc) is 2.68. The molecule has 3 nitrogen and oxygen atoms in total. The van der Waals surface area contributed by atoms with E-state index in [0.717, 1.165) is 0 Å². The highest BCUT2D eigenvalue weighted by Gasteiger charge is 2.59. The summed E-state index contributed by atoms with van der Waals surface area (Å²) in [6.45, 7) is 1.50. The van der Waals surface area contributed by atoms with Gasteiger partial charge in [0.25, 0.3) is 0 Å². The van der Waals surface area contributed by atoms with Gasteiger partial charge in [-0.1, -0.05) is 6.92 Å². The highest BCUT2D eigenvalue weighted by atomic mass is 19.4. The van der Waals surface area contributed by atoms with Gasteiger partial charge in [0.1, 0.15) is 0 Å². The summed E-state index contributed by atoms with van der Waals surface area (Å²) in [7, 11) is 1.62. The van der Waals surface area contributed by atoms with Crippen LogP contribution in [0.25, 0.3) is 0 Å². The maximum absolute atomic E-state index is 12.7. The fourth-order valence-electron chi connectivity index (χ4n) is 2.21. The summed E-state index contributed by atoms with van der Waals surface area (Å²) in [6.07, 6.45) is -7.85. The van der Waals surface area contributed by atoms with E-state index in [1.807, 2.05) is 0 Å². The van der Waals surface area contributed by atoms with Gasteiger partial charge in [-0.05, 0) is 24.9 Å². The van der Waals surface area contributed by atoms with E-state index in [9.17, 15) is 26.3 Å². The smallest absolute Gasteiger partial charge is 0.313 e. The number of hydrogen-bond acceptors (Lipinski definition) is 2. The second kappa shape index (κ2) is 6.67. The number of hydrogen-bond donors (Lipinski definition) is 1. The SMILES string of the molecule is CCNC(CCc1cnn(C)c1)C(C(F)(F)F)C(F)(F)F. The molecule has 1 aromatic heterocycles. The quantitative estimate of drug-likeness (QED) is 0.817. The first-order valence-electron chi connectivity index (χ1n) is 6.40. The van der Waals surface area contributed by atoms with Gasteiger partial charge >= 0.3 is 12.4 Å². The minimum Gasteiger partial charge on any atom is -0.313 e. The molecule has 21 heavy (non-hydrogen) atoms. The van der Waals surface area contributed by atoms with Crippen molar-refractivity contribution in [3.63, 3.8) is 0 Å². The van der Waals surface area contributed by atoms with E-state index < -0.39 is 24.3 Å². The van der Waals surface area contributed by atoms with E-state index in [0.29, 0.717) is 5.56 Å². The van der Waals surface area contributed by atoms with Gasteiger partial charge in [-0.3, -0.25) is 4.68 Å². The third-order valence-electron chi connectivity index (χ3n) is 3.08. The lowest BCUT2D eigenvalue weighted by atomic mass is 9.93. The van der Waals surface area contributed by atoms with E-state index in [-0.39, 0.29) is 19.4 Å². The molecule has 0 aliphatic heterocycles. The fourth-order valence-corrected chi connectivity index (χ4v) is 2.21. The molecule has 1 rings (SSSR count). The molecule has 0 aromatic carbocycles. The molecule has 0 radical (unpaired) electrons. The first-order chi connectivity index (χ1) is 9.55. The summed E-state index contributed by atoms with van der Waals surface area (Å²) in [5.74, 6) is -3.37. The van der Waals surface area contributed by atoms with Gasteiger partial charge in [0, 0.05) is 19.3 Å². The van der Waals surface area contributed by atoms with Crippen LogP contribution in [0.3, 0.4) is 0 Å². The van der Waals surface area contributed by atoms with E-state index in [2.05, 4.69) is 10.4 Å². The molecule has 1 heterocycles. The maximum Gasteiger partial charge on any atom is 0.401 e. The summed E-state index contributed by atoms with van der Waals surface area (Å²) in [6, 6.07) is -1.71. The Morgan fingerprint density at radius 3 is 2.14 bits per heavy atom. The van der Waals surface area contributed by atoms with E-state index in [1.54, 1.807) is 13.2 Å². The zero-order valence-corrected chi connectivity index (χ0v) is 11.6. The van der Waals surface area contributed by atoms with E-state index in [4.69, 9.17) is 0 Å². The molecule has 0 bridgehead atoms. The third kappa shape index (κ3) is 5.22. The Morgan fingerprint density at radius 2 is 1.76 bits per heavy atom. The zero-order chi connectivity index (χ0) is 16.3. The summed E-state index contributed by atoms with van der Waals surface area (Å²) in [5.41, 5.74) is 0.600. The van der Waals surface area contributed by atoms with Crippen molar-refractivity contribution in [2.45, 2.75) is 38.2 Å². The van der Waals surface area contributed by atoms with Gasteiger partial charge < -0.3 is 5.32 Å². The van der Waals surface area contributed by atoms with Crippen LogP contribution in [0.1, 0.15) is 18.9 Å². The maximum atomic E-state index is 12.7. The molecule has 0 amide bonds. The summed E-state index contributed by atoms with van der Waals surface area (Å²) < 4.78 is 77.9. The number of halogens is 6. The molecule has 0 fully saturated rings. The first-order valence-corrected chi connectivity index (χ1v) is 6.40. The Bertz CT molecular complexity index is 423. The van der Waals surface area contributed by atoms with Crippen molar-refractivity contribution in [1.29, 1.82) is 0 Å². The summed E-state index contributed by atoms with van der Waals surface area (Å²) in [5, 5.41) is 6.14. The van der Waals surface area contributed by atoms with Crippen molar-refractivity contribution in [2.24, 2.45) is 13.0 Å². The molecule has 0 saturated carbocycles. The molecule has 1 N–H and O–H groups in total. The Balaban J connectivity index is 2.86. The standard InChI is InChI=1S/C12H17F6N3/c1-3-19-9(5-4-8-6-20-21(2)7-8)10(11(13,14)15)12(16,17)18/h6-7,9-10,19H,3-5H2,1-2H3. The van der Waals surface area contributed by atoms with Gasteiger partial charge in [-0.15, -0.1) is 0 Å². The molecule has 9 heteroatoms. The Kier molecular flexibility index (Phi) is 5.66. The van der Waals surface area contributed by atoms with Crippen LogP contribution < -0.4 is 5.32 Å². The Labute approximate surface area is 118 Å². The number of nitrogens with one attached hydrogen (secondary N) is 1. The van der Waals surface area contributed by atoms with Crippen molar-refractivity contribution in [3.05, 3.63) is 18.0 Å². The second-order valence-corrected chi connectivity index (χ2v) is 4.79. The van der Waals surface area contributed by atoms with Gasteiger partial charge in [-0.2, -0.15) is 31.4 Å². The van der Waals surface area contributed by atoms with Crippen LogP contribution >= 0.6 is 0 Å². The number of rotatable bonds is 6. The second-order valence-electron chi connectivity index (χ2n) is 4.79. The Hall–Kier alpha value is -1.25. The van der Waals surface area contributed by atoms with Crippen molar-refractivity contribution < 1.29 is 26.3 Å². The van der Waals surface area contributed by atoms with Crippen LogP contribution in [0, 0.1) is 5.92 Å². The van der Waals surface area contributed by atoms with Crippen LogP contribution in [0.4, 0.5) is 26.3 Å². The fraction of sp³-hybridized carbons (Fsp3) is 0.750. The predicted molar refractivity (Wildman–Crippen MR) is 64.6 cm³/mol. The number of alkyl halides is 6. The zero-order valence-electron chi connectivity index (χ0n) is 11.6. The molecular formula is C12H17F6N3. The average molecular weight is 317 g/mol. The lowest BCUT2D eigenvalue weighted by molar-refractivity contribution is -0.292. The number of aryl methyl sites for hydroxylation is 2. The summed E-state index contributed by atoms with van der Waals surface area (Å²) in [4.78, 5) is 0. The highest BCUT2D eigenvalue weighted by molar-refractivity contribution is 5.04. The molecule has 1 atom stereocenters. The highest BCUT2D eigenvalue weighted by Crippen LogP contribution is 2.42. The van der Waals surface area contributed by atoms with Crippen LogP contribution in [-0.4, -0.2) is 34.7 Å². The number of aromatic nitrogens is 2. The number of nitrogens with zero attached hydrogens (tertiary/aromatic N) is 2. The minimum absolute atomic E-state index is 0.0281. The van der Waals surface area contributed by atoms with Crippen LogP contribution in [0.5, 0.6) is 0 Å². The van der Waals surface area contributed by atoms with Crippen molar-refractivity contribution in [2.75, 3.05) is 6.54 Å². The predicted octanol–water partition coefficient (Wildman–Crippen LogP) is 3.07. The van der Waals surface area contributed by atoms with Gasteiger partial charge in [-0.25, -0.2) is 0 Å². The monoisotopic (exact) mass is 317 g/mol. The molecule has 0 spiro atoms. The molecule has 0 aliphatic carbocycles. The molecule has 0 aliphatic rings. The normalized spacial score (nSPS) is 14.7. The lowest BCUT2D eigenvalue weighted by Gasteiger charge is -2.31. The van der Waals surface area contributed by atoms with E-state index >= 15 is 0 Å². The van der Waals surface area contributed by atoms with Crippen LogP contribution in [-0.2, 0) is 13.5 Å². The van der Waals surface area contributed by atoms with E-state index in [1.165, 1.54) is 17.8 Å². The Morgan fingerprint density at radius 1 is 1.19 bits per heavy atom. The van der Waals surface area contributed by atoms with Crippen LogP contribution in [0.2, 0.25) is 0 Å². The van der Waals surface area contributed by atoms with Crippen molar-refractivity contribution >= 4 is 0 Å². The molecule has 122 valence electrons. The molecule has 0 saturated heterocycles. The third-order valence-corrected chi connectivity index (χ3v) is 3.08. The van der Waals surface area contributed by atoms with Gasteiger partial charge in [0.05, 0.1) is 6.20 Å².